The average Bonchev–Trinajstić information content (AvgIpc) is 2.84. The van der Waals surface area contributed by atoms with Gasteiger partial charge in [0.2, 0.25) is 15.9 Å². The van der Waals surface area contributed by atoms with Gasteiger partial charge in [0.05, 0.1) is 4.90 Å². The number of nitrogens with zero attached hydrogens (tertiary/aromatic N) is 2. The zero-order valence-electron chi connectivity index (χ0n) is 18.4. The molecule has 0 bridgehead atoms. The highest BCUT2D eigenvalue weighted by molar-refractivity contribution is 7.89. The molecule has 1 unspecified atom stereocenters. The fraction of sp³-hybridized carbons (Fsp3) is 0.440. The van der Waals surface area contributed by atoms with Gasteiger partial charge in [0, 0.05) is 31.1 Å². The van der Waals surface area contributed by atoms with Crippen LogP contribution in [-0.2, 0) is 14.8 Å². The van der Waals surface area contributed by atoms with E-state index in [1.807, 2.05) is 31.2 Å². The van der Waals surface area contributed by atoms with Crippen molar-refractivity contribution in [1.29, 1.82) is 0 Å². The molecule has 2 aromatic rings. The van der Waals surface area contributed by atoms with Crippen LogP contribution in [0.2, 0.25) is 0 Å². The minimum absolute atomic E-state index is 0.0998. The summed E-state index contributed by atoms with van der Waals surface area (Å²) in [6.45, 7) is 3.31. The number of sulfonamides is 1. The summed E-state index contributed by atoms with van der Waals surface area (Å²) in [5.41, 5.74) is 1.83. The lowest BCUT2D eigenvalue weighted by atomic mass is 9.88. The fourth-order valence-electron chi connectivity index (χ4n) is 4.69. The summed E-state index contributed by atoms with van der Waals surface area (Å²) in [6, 6.07) is 15.3. The van der Waals surface area contributed by atoms with Crippen LogP contribution in [0.5, 0.6) is 0 Å². The van der Waals surface area contributed by atoms with Crippen molar-refractivity contribution in [3.63, 3.8) is 0 Å². The van der Waals surface area contributed by atoms with Gasteiger partial charge in [0.15, 0.2) is 5.78 Å². The molecular formula is C25H30N2O4S. The monoisotopic (exact) mass is 454 g/mol. The average molecular weight is 455 g/mol. The van der Waals surface area contributed by atoms with E-state index < -0.39 is 16.1 Å². The van der Waals surface area contributed by atoms with Gasteiger partial charge in [-0.25, -0.2) is 8.42 Å². The number of amides is 1. The number of likely N-dealkylation sites (tertiary alicyclic amines) is 1. The number of hydrogen-bond donors (Lipinski definition) is 0. The molecule has 170 valence electrons. The molecule has 2 fully saturated rings. The van der Waals surface area contributed by atoms with Crippen molar-refractivity contribution in [2.24, 2.45) is 5.92 Å². The second-order valence-electron chi connectivity index (χ2n) is 8.77. The van der Waals surface area contributed by atoms with Crippen LogP contribution in [0.15, 0.2) is 59.5 Å². The summed E-state index contributed by atoms with van der Waals surface area (Å²) in [5.74, 6) is -0.106. The Morgan fingerprint density at radius 2 is 1.50 bits per heavy atom. The van der Waals surface area contributed by atoms with Gasteiger partial charge >= 0.3 is 0 Å². The predicted octanol–water partition coefficient (Wildman–Crippen LogP) is 3.66. The second-order valence-corrected chi connectivity index (χ2v) is 10.7. The van der Waals surface area contributed by atoms with E-state index in [4.69, 9.17) is 0 Å². The summed E-state index contributed by atoms with van der Waals surface area (Å²) in [5, 5.41) is 0. The lowest BCUT2D eigenvalue weighted by Gasteiger charge is -2.39. The van der Waals surface area contributed by atoms with E-state index >= 15 is 0 Å². The van der Waals surface area contributed by atoms with Gasteiger partial charge in [-0.3, -0.25) is 9.59 Å². The third-order valence-corrected chi connectivity index (χ3v) is 8.52. The molecule has 0 radical (unpaired) electrons. The standard InChI is InChI=1S/C25H30N2O4S/c1-19-10-12-20(13-11-19)24(28)21-14-17-26(18-15-21)25(29)23-9-5-6-16-27(23)32(30,31)22-7-3-2-4-8-22/h2-4,7-8,10-13,21,23H,5-6,9,14-18H2,1H3. The maximum Gasteiger partial charge on any atom is 0.243 e. The van der Waals surface area contributed by atoms with Crippen LogP contribution < -0.4 is 0 Å². The Hall–Kier alpha value is -2.51. The summed E-state index contributed by atoms with van der Waals surface area (Å²) in [6.07, 6.45) is 3.34. The van der Waals surface area contributed by atoms with Crippen LogP contribution in [0.4, 0.5) is 0 Å². The molecule has 0 aliphatic carbocycles. The highest BCUT2D eigenvalue weighted by atomic mass is 32.2. The number of ketones is 1. The Balaban J connectivity index is 1.43. The normalized spacial score (nSPS) is 20.8. The van der Waals surface area contributed by atoms with Gasteiger partial charge in [0.25, 0.3) is 0 Å². The summed E-state index contributed by atoms with van der Waals surface area (Å²) in [7, 11) is -3.73. The minimum Gasteiger partial charge on any atom is -0.341 e. The molecule has 2 aliphatic rings. The summed E-state index contributed by atoms with van der Waals surface area (Å²) < 4.78 is 27.8. The molecule has 32 heavy (non-hydrogen) atoms. The molecule has 1 amide bonds. The van der Waals surface area contributed by atoms with E-state index in [9.17, 15) is 18.0 Å². The van der Waals surface area contributed by atoms with Crippen LogP contribution in [0.1, 0.15) is 48.0 Å². The first-order chi connectivity index (χ1) is 15.4. The van der Waals surface area contributed by atoms with Crippen LogP contribution >= 0.6 is 0 Å². The van der Waals surface area contributed by atoms with E-state index in [1.54, 1.807) is 35.2 Å². The van der Waals surface area contributed by atoms with E-state index in [2.05, 4.69) is 0 Å². The summed E-state index contributed by atoms with van der Waals surface area (Å²) in [4.78, 5) is 28.2. The van der Waals surface area contributed by atoms with Gasteiger partial charge in [-0.05, 0) is 44.7 Å². The Kier molecular flexibility index (Phi) is 6.76. The number of Topliss-reactive ketones (excluding diaryl/α,β-unsaturated/α-hetero) is 1. The molecule has 2 heterocycles. The van der Waals surface area contributed by atoms with Crippen LogP contribution in [-0.4, -0.2) is 55.0 Å². The first kappa shape index (κ1) is 22.7. The lowest BCUT2D eigenvalue weighted by Crippen LogP contribution is -2.54. The minimum atomic E-state index is -3.73. The topological polar surface area (TPSA) is 74.8 Å². The predicted molar refractivity (Wildman–Crippen MR) is 123 cm³/mol. The SMILES string of the molecule is Cc1ccc(C(=O)C2CCN(C(=O)C3CCCCN3S(=O)(=O)c3ccccc3)CC2)cc1. The first-order valence-corrected chi connectivity index (χ1v) is 12.8. The zero-order chi connectivity index (χ0) is 22.7. The third kappa shape index (κ3) is 4.64. The van der Waals surface area contributed by atoms with Gasteiger partial charge in [-0.15, -0.1) is 0 Å². The molecule has 0 N–H and O–H groups in total. The lowest BCUT2D eigenvalue weighted by molar-refractivity contribution is -0.137. The zero-order valence-corrected chi connectivity index (χ0v) is 19.3. The van der Waals surface area contributed by atoms with Crippen molar-refractivity contribution in [1.82, 2.24) is 9.21 Å². The van der Waals surface area contributed by atoms with Crippen molar-refractivity contribution in [2.75, 3.05) is 19.6 Å². The van der Waals surface area contributed by atoms with Gasteiger partial charge in [-0.2, -0.15) is 4.31 Å². The molecule has 2 aromatic carbocycles. The maximum absolute atomic E-state index is 13.4. The second kappa shape index (κ2) is 9.55. The number of carbonyl (C=O) groups is 2. The molecule has 6 nitrogen and oxygen atoms in total. The largest absolute Gasteiger partial charge is 0.341 e. The molecule has 4 rings (SSSR count). The number of piperidine rings is 2. The number of hydrogen-bond acceptors (Lipinski definition) is 4. The number of benzene rings is 2. The van der Waals surface area contributed by atoms with Crippen molar-refractivity contribution in [2.45, 2.75) is 50.0 Å². The maximum atomic E-state index is 13.4. The van der Waals surface area contributed by atoms with E-state index in [0.717, 1.165) is 18.4 Å². The quantitative estimate of drug-likeness (QED) is 0.646. The van der Waals surface area contributed by atoms with E-state index in [-0.39, 0.29) is 22.5 Å². The van der Waals surface area contributed by atoms with Gasteiger partial charge in [0.1, 0.15) is 6.04 Å². The van der Waals surface area contributed by atoms with Gasteiger partial charge in [-0.1, -0.05) is 54.4 Å². The smallest absolute Gasteiger partial charge is 0.243 e. The molecule has 0 spiro atoms. The Morgan fingerprint density at radius 3 is 2.16 bits per heavy atom. The van der Waals surface area contributed by atoms with Crippen LogP contribution in [0.25, 0.3) is 0 Å². The molecule has 0 aromatic heterocycles. The van der Waals surface area contributed by atoms with Crippen molar-refractivity contribution in [3.05, 3.63) is 65.7 Å². The van der Waals surface area contributed by atoms with Crippen LogP contribution in [0.3, 0.4) is 0 Å². The molecule has 0 saturated carbocycles. The highest BCUT2D eigenvalue weighted by Crippen LogP contribution is 2.29. The molecule has 2 saturated heterocycles. The van der Waals surface area contributed by atoms with Crippen molar-refractivity contribution >= 4 is 21.7 Å². The number of rotatable bonds is 5. The van der Waals surface area contributed by atoms with Crippen molar-refractivity contribution in [3.8, 4) is 0 Å². The number of aryl methyl sites for hydroxylation is 1. The fourth-order valence-corrected chi connectivity index (χ4v) is 6.37. The molecular weight excluding hydrogens is 424 g/mol. The highest BCUT2D eigenvalue weighted by Gasteiger charge is 2.40. The van der Waals surface area contributed by atoms with Crippen LogP contribution in [0, 0.1) is 12.8 Å². The van der Waals surface area contributed by atoms with Crippen molar-refractivity contribution < 1.29 is 18.0 Å². The Labute approximate surface area is 190 Å². The summed E-state index contributed by atoms with van der Waals surface area (Å²) >= 11 is 0. The Bertz CT molecular complexity index is 1060. The van der Waals surface area contributed by atoms with Gasteiger partial charge < -0.3 is 4.90 Å². The molecule has 1 atom stereocenters. The molecule has 2 aliphatic heterocycles. The third-order valence-electron chi connectivity index (χ3n) is 6.60. The Morgan fingerprint density at radius 1 is 0.844 bits per heavy atom. The van der Waals surface area contributed by atoms with E-state index in [1.165, 1.54) is 4.31 Å². The van der Waals surface area contributed by atoms with E-state index in [0.29, 0.717) is 44.5 Å². The molecule has 7 heteroatoms. The number of carbonyl (C=O) groups excluding carboxylic acids is 2. The first-order valence-electron chi connectivity index (χ1n) is 11.3.